The van der Waals surface area contributed by atoms with E-state index in [4.69, 9.17) is 11.6 Å². The quantitative estimate of drug-likeness (QED) is 0.475. The number of nitrogens with zero attached hydrogens (tertiary/aromatic N) is 1. The topological polar surface area (TPSA) is 12.4 Å². The van der Waals surface area contributed by atoms with E-state index in [0.29, 0.717) is 5.16 Å². The van der Waals surface area contributed by atoms with Gasteiger partial charge in [0.15, 0.2) is 0 Å². The molecule has 0 saturated heterocycles. The zero-order valence-electron chi connectivity index (χ0n) is 5.60. The summed E-state index contributed by atoms with van der Waals surface area (Å²) < 4.78 is 0. The Morgan fingerprint density at radius 1 is 1.50 bits per heavy atom. The first-order valence-corrected chi connectivity index (χ1v) is 3.89. The molecule has 0 amide bonds. The highest BCUT2D eigenvalue weighted by atomic mass is 35.5. The summed E-state index contributed by atoms with van der Waals surface area (Å²) in [7, 11) is 0. The van der Waals surface area contributed by atoms with E-state index in [9.17, 15) is 0 Å². The molecule has 0 atom stereocenters. The maximum Gasteiger partial charge on any atom is 0.130 e. The molecular weight excluding hydrogens is 146 g/mol. The predicted octanol–water partition coefficient (Wildman–Crippen LogP) is 2.63. The molecule has 0 N–H and O–H groups in total. The lowest BCUT2D eigenvalue weighted by Gasteiger charge is -2.06. The number of fused-ring (bicyclic) bond motifs is 1. The zero-order chi connectivity index (χ0) is 6.97. The van der Waals surface area contributed by atoms with E-state index in [2.05, 4.69) is 11.1 Å². The Morgan fingerprint density at radius 3 is 3.20 bits per heavy atom. The van der Waals surface area contributed by atoms with Gasteiger partial charge in [-0.25, -0.2) is 4.99 Å². The molecule has 1 aliphatic heterocycles. The van der Waals surface area contributed by atoms with Crippen LogP contribution in [0.1, 0.15) is 19.3 Å². The van der Waals surface area contributed by atoms with Crippen LogP contribution in [0.5, 0.6) is 0 Å². The molecule has 2 heteroatoms. The number of aliphatic imine (C=N–C) groups is 1. The molecular formula is C8H8ClN. The van der Waals surface area contributed by atoms with Gasteiger partial charge < -0.3 is 0 Å². The van der Waals surface area contributed by atoms with Crippen LogP contribution in [0.25, 0.3) is 0 Å². The highest BCUT2D eigenvalue weighted by Crippen LogP contribution is 2.25. The van der Waals surface area contributed by atoms with Gasteiger partial charge in [-0.1, -0.05) is 17.7 Å². The van der Waals surface area contributed by atoms with Crippen LogP contribution in [0, 0.1) is 0 Å². The second kappa shape index (κ2) is 2.24. The third-order valence-electron chi connectivity index (χ3n) is 1.83. The van der Waals surface area contributed by atoms with Gasteiger partial charge in [0.2, 0.25) is 0 Å². The zero-order valence-corrected chi connectivity index (χ0v) is 6.36. The van der Waals surface area contributed by atoms with E-state index in [1.807, 2.05) is 6.08 Å². The Labute approximate surface area is 65.1 Å². The van der Waals surface area contributed by atoms with Crippen molar-refractivity contribution in [1.82, 2.24) is 0 Å². The summed E-state index contributed by atoms with van der Waals surface area (Å²) in [5.74, 6) is 0. The summed E-state index contributed by atoms with van der Waals surface area (Å²) >= 11 is 5.72. The number of hydrogen-bond acceptors (Lipinski definition) is 1. The molecule has 1 heterocycles. The van der Waals surface area contributed by atoms with E-state index in [-0.39, 0.29) is 0 Å². The van der Waals surface area contributed by atoms with Crippen molar-refractivity contribution in [2.45, 2.75) is 19.3 Å². The van der Waals surface area contributed by atoms with Crippen molar-refractivity contribution >= 4 is 17.3 Å². The van der Waals surface area contributed by atoms with Gasteiger partial charge >= 0.3 is 0 Å². The molecule has 0 aromatic carbocycles. The van der Waals surface area contributed by atoms with E-state index in [0.717, 1.165) is 6.42 Å². The molecule has 0 saturated carbocycles. The largest absolute Gasteiger partial charge is 0.241 e. The van der Waals surface area contributed by atoms with Gasteiger partial charge in [0, 0.05) is 5.71 Å². The molecule has 52 valence electrons. The van der Waals surface area contributed by atoms with Crippen molar-refractivity contribution in [2.24, 2.45) is 4.99 Å². The van der Waals surface area contributed by atoms with Gasteiger partial charge in [0.1, 0.15) is 5.16 Å². The SMILES string of the molecule is ClC1=CC2=CCCCC2=N1. The molecule has 0 unspecified atom stereocenters. The third kappa shape index (κ3) is 0.907. The van der Waals surface area contributed by atoms with E-state index in [1.165, 1.54) is 24.1 Å². The highest BCUT2D eigenvalue weighted by molar-refractivity contribution is 6.32. The Balaban J connectivity index is 2.39. The summed E-state index contributed by atoms with van der Waals surface area (Å²) in [5, 5.41) is 0.642. The van der Waals surface area contributed by atoms with Crippen LogP contribution in [-0.4, -0.2) is 5.71 Å². The maximum atomic E-state index is 5.72. The third-order valence-corrected chi connectivity index (χ3v) is 2.03. The molecule has 0 radical (unpaired) electrons. The van der Waals surface area contributed by atoms with E-state index >= 15 is 0 Å². The van der Waals surface area contributed by atoms with Crippen LogP contribution in [0.15, 0.2) is 27.9 Å². The van der Waals surface area contributed by atoms with Crippen molar-refractivity contribution in [3.8, 4) is 0 Å². The Kier molecular flexibility index (Phi) is 1.38. The van der Waals surface area contributed by atoms with Gasteiger partial charge in [-0.2, -0.15) is 0 Å². The summed E-state index contributed by atoms with van der Waals surface area (Å²) in [6.45, 7) is 0. The molecule has 2 rings (SSSR count). The smallest absolute Gasteiger partial charge is 0.130 e. The lowest BCUT2D eigenvalue weighted by molar-refractivity contribution is 0.874. The van der Waals surface area contributed by atoms with E-state index < -0.39 is 0 Å². The molecule has 0 spiro atoms. The maximum absolute atomic E-state index is 5.72. The minimum Gasteiger partial charge on any atom is -0.241 e. The molecule has 0 bridgehead atoms. The monoisotopic (exact) mass is 153 g/mol. The van der Waals surface area contributed by atoms with Crippen LogP contribution in [0.4, 0.5) is 0 Å². The summed E-state index contributed by atoms with van der Waals surface area (Å²) in [6.07, 6.45) is 7.64. The first kappa shape index (κ1) is 6.17. The van der Waals surface area contributed by atoms with Crippen LogP contribution in [-0.2, 0) is 0 Å². The van der Waals surface area contributed by atoms with Gasteiger partial charge in [-0.05, 0) is 30.9 Å². The molecule has 1 aliphatic carbocycles. The predicted molar refractivity (Wildman–Crippen MR) is 43.3 cm³/mol. The fourth-order valence-corrected chi connectivity index (χ4v) is 1.56. The number of halogens is 1. The second-order valence-corrected chi connectivity index (χ2v) is 2.96. The van der Waals surface area contributed by atoms with Gasteiger partial charge in [-0.3, -0.25) is 0 Å². The molecule has 2 aliphatic rings. The van der Waals surface area contributed by atoms with Gasteiger partial charge in [0.05, 0.1) is 0 Å². The van der Waals surface area contributed by atoms with Crippen molar-refractivity contribution in [3.63, 3.8) is 0 Å². The van der Waals surface area contributed by atoms with Crippen molar-refractivity contribution < 1.29 is 0 Å². The average Bonchev–Trinajstić information content (AvgIpc) is 2.27. The molecule has 0 fully saturated rings. The molecule has 0 aromatic heterocycles. The van der Waals surface area contributed by atoms with E-state index in [1.54, 1.807) is 0 Å². The average molecular weight is 154 g/mol. The molecule has 1 nitrogen and oxygen atoms in total. The molecule has 0 aromatic rings. The number of hydrogen-bond donors (Lipinski definition) is 0. The normalized spacial score (nSPS) is 23.1. The lowest BCUT2D eigenvalue weighted by Crippen LogP contribution is -2.01. The Morgan fingerprint density at radius 2 is 2.40 bits per heavy atom. The van der Waals surface area contributed by atoms with Crippen LogP contribution < -0.4 is 0 Å². The molecule has 10 heavy (non-hydrogen) atoms. The van der Waals surface area contributed by atoms with Crippen LogP contribution in [0.2, 0.25) is 0 Å². The Bertz CT molecular complexity index is 248. The van der Waals surface area contributed by atoms with Crippen molar-refractivity contribution in [1.29, 1.82) is 0 Å². The standard InChI is InChI=1S/C8H8ClN/c9-8-5-6-3-1-2-4-7(6)10-8/h3,5H,1-2,4H2. The minimum absolute atomic E-state index is 0.642. The van der Waals surface area contributed by atoms with Gasteiger partial charge in [-0.15, -0.1) is 0 Å². The summed E-state index contributed by atoms with van der Waals surface area (Å²) in [4.78, 5) is 4.19. The minimum atomic E-state index is 0.642. The van der Waals surface area contributed by atoms with Crippen molar-refractivity contribution in [2.75, 3.05) is 0 Å². The number of rotatable bonds is 0. The fourth-order valence-electron chi connectivity index (χ4n) is 1.34. The van der Waals surface area contributed by atoms with Crippen molar-refractivity contribution in [3.05, 3.63) is 22.9 Å². The summed E-state index contributed by atoms with van der Waals surface area (Å²) in [5.41, 5.74) is 2.42. The second-order valence-electron chi connectivity index (χ2n) is 2.58. The van der Waals surface area contributed by atoms with Crippen LogP contribution in [0.3, 0.4) is 0 Å². The first-order chi connectivity index (χ1) is 4.86. The fraction of sp³-hybridized carbons (Fsp3) is 0.375. The summed E-state index contributed by atoms with van der Waals surface area (Å²) in [6, 6.07) is 0. The Hall–Kier alpha value is -0.560. The van der Waals surface area contributed by atoms with Crippen LogP contribution >= 0.6 is 11.6 Å². The van der Waals surface area contributed by atoms with Gasteiger partial charge in [0.25, 0.3) is 0 Å². The first-order valence-electron chi connectivity index (χ1n) is 3.51. The number of allylic oxidation sites excluding steroid dienone is 3. The lowest BCUT2D eigenvalue weighted by atomic mass is 9.99. The highest BCUT2D eigenvalue weighted by Gasteiger charge is 2.14.